The second kappa shape index (κ2) is 9.03. The summed E-state index contributed by atoms with van der Waals surface area (Å²) in [4.78, 5) is 11.7. The minimum absolute atomic E-state index is 0.0327. The zero-order chi connectivity index (χ0) is 18.5. The molecule has 0 amide bonds. The average molecular weight is 363 g/mol. The Morgan fingerprint density at radius 3 is 2.81 bits per heavy atom. The molecule has 0 aromatic rings. The SMILES string of the molecule is C=CC(=O)OC1CCCC(CCC)C1CCOC(=N)C1CCC2NC2C1. The molecule has 1 heterocycles. The lowest BCUT2D eigenvalue weighted by atomic mass is 9.73. The van der Waals surface area contributed by atoms with Gasteiger partial charge >= 0.3 is 5.97 Å². The zero-order valence-electron chi connectivity index (χ0n) is 16.0. The van der Waals surface area contributed by atoms with E-state index in [1.807, 2.05) is 0 Å². The summed E-state index contributed by atoms with van der Waals surface area (Å²) in [7, 11) is 0. The second-order valence-corrected chi connectivity index (χ2v) is 8.21. The monoisotopic (exact) mass is 362 g/mol. The molecule has 3 rings (SSSR count). The summed E-state index contributed by atoms with van der Waals surface area (Å²) in [6, 6.07) is 1.32. The fourth-order valence-electron chi connectivity index (χ4n) is 5.01. The van der Waals surface area contributed by atoms with Crippen molar-refractivity contribution in [1.29, 1.82) is 5.41 Å². The highest BCUT2D eigenvalue weighted by molar-refractivity contribution is 5.81. The van der Waals surface area contributed by atoms with Crippen LogP contribution < -0.4 is 5.32 Å². The predicted molar refractivity (Wildman–Crippen MR) is 102 cm³/mol. The van der Waals surface area contributed by atoms with E-state index in [2.05, 4.69) is 18.8 Å². The molecule has 0 radical (unpaired) electrons. The van der Waals surface area contributed by atoms with Gasteiger partial charge in [-0.25, -0.2) is 4.79 Å². The summed E-state index contributed by atoms with van der Waals surface area (Å²) in [5.74, 6) is 1.33. The molecule has 5 heteroatoms. The normalized spacial score (nSPS) is 35.9. The van der Waals surface area contributed by atoms with Crippen LogP contribution in [0.2, 0.25) is 0 Å². The summed E-state index contributed by atoms with van der Waals surface area (Å²) in [5, 5.41) is 11.7. The molecule has 0 aromatic heterocycles. The van der Waals surface area contributed by atoms with Gasteiger partial charge < -0.3 is 14.8 Å². The molecule has 5 nitrogen and oxygen atoms in total. The van der Waals surface area contributed by atoms with E-state index >= 15 is 0 Å². The number of hydrogen-bond donors (Lipinski definition) is 2. The van der Waals surface area contributed by atoms with Crippen LogP contribution in [-0.2, 0) is 14.3 Å². The molecule has 2 saturated carbocycles. The van der Waals surface area contributed by atoms with E-state index in [4.69, 9.17) is 14.9 Å². The predicted octanol–water partition coefficient (Wildman–Crippen LogP) is 3.83. The van der Waals surface area contributed by atoms with Gasteiger partial charge in [0.25, 0.3) is 0 Å². The summed E-state index contributed by atoms with van der Waals surface area (Å²) in [6.45, 7) is 6.29. The maximum absolute atomic E-state index is 11.7. The molecule has 0 bridgehead atoms. The van der Waals surface area contributed by atoms with Crippen LogP contribution in [0.25, 0.3) is 0 Å². The van der Waals surface area contributed by atoms with E-state index in [0.29, 0.717) is 36.4 Å². The molecular formula is C21H34N2O3. The minimum atomic E-state index is -0.320. The Balaban J connectivity index is 1.50. The van der Waals surface area contributed by atoms with Crippen LogP contribution in [0.3, 0.4) is 0 Å². The van der Waals surface area contributed by atoms with Crippen LogP contribution in [0.5, 0.6) is 0 Å². The van der Waals surface area contributed by atoms with E-state index in [1.54, 1.807) is 0 Å². The topological polar surface area (TPSA) is 81.3 Å². The molecule has 1 aliphatic heterocycles. The van der Waals surface area contributed by atoms with E-state index in [1.165, 1.54) is 25.3 Å². The first-order chi connectivity index (χ1) is 12.6. The highest BCUT2D eigenvalue weighted by atomic mass is 16.5. The Kier molecular flexibility index (Phi) is 6.74. The third kappa shape index (κ3) is 4.87. The summed E-state index contributed by atoms with van der Waals surface area (Å²) < 4.78 is 11.5. The van der Waals surface area contributed by atoms with Gasteiger partial charge in [0.1, 0.15) is 6.10 Å². The highest BCUT2D eigenvalue weighted by Crippen LogP contribution is 2.38. The second-order valence-electron chi connectivity index (χ2n) is 8.21. The Bertz CT molecular complexity index is 519. The van der Waals surface area contributed by atoms with Crippen molar-refractivity contribution in [3.8, 4) is 0 Å². The van der Waals surface area contributed by atoms with Gasteiger partial charge in [0, 0.05) is 30.0 Å². The molecule has 2 N–H and O–H groups in total. The Hall–Kier alpha value is -1.36. The number of ether oxygens (including phenoxy) is 2. The zero-order valence-corrected chi connectivity index (χ0v) is 16.0. The summed E-state index contributed by atoms with van der Waals surface area (Å²) in [5.41, 5.74) is 0. The lowest BCUT2D eigenvalue weighted by molar-refractivity contribution is -0.149. The Labute approximate surface area is 157 Å². The van der Waals surface area contributed by atoms with Crippen LogP contribution >= 0.6 is 0 Å². The Morgan fingerprint density at radius 2 is 2.08 bits per heavy atom. The van der Waals surface area contributed by atoms with E-state index in [-0.39, 0.29) is 18.0 Å². The van der Waals surface area contributed by atoms with Crippen molar-refractivity contribution in [3.05, 3.63) is 12.7 Å². The maximum Gasteiger partial charge on any atom is 0.330 e. The molecule has 2 aliphatic carbocycles. The molecule has 1 saturated heterocycles. The molecule has 146 valence electrons. The van der Waals surface area contributed by atoms with Crippen molar-refractivity contribution >= 4 is 11.9 Å². The molecule has 26 heavy (non-hydrogen) atoms. The van der Waals surface area contributed by atoms with Crippen molar-refractivity contribution in [2.45, 2.75) is 82.9 Å². The number of hydrogen-bond acceptors (Lipinski definition) is 5. The van der Waals surface area contributed by atoms with Crippen LogP contribution in [0.4, 0.5) is 0 Å². The first-order valence-electron chi connectivity index (χ1n) is 10.4. The number of fused-ring (bicyclic) bond motifs is 1. The molecule has 6 atom stereocenters. The first-order valence-corrected chi connectivity index (χ1v) is 10.4. The van der Waals surface area contributed by atoms with Crippen LogP contribution in [-0.4, -0.2) is 36.7 Å². The van der Waals surface area contributed by atoms with Gasteiger partial charge in [0.05, 0.1) is 6.61 Å². The fourth-order valence-corrected chi connectivity index (χ4v) is 5.01. The van der Waals surface area contributed by atoms with Crippen molar-refractivity contribution in [2.24, 2.45) is 17.8 Å². The molecule has 6 unspecified atom stereocenters. The highest BCUT2D eigenvalue weighted by Gasteiger charge is 2.43. The van der Waals surface area contributed by atoms with Gasteiger partial charge in [-0.15, -0.1) is 0 Å². The van der Waals surface area contributed by atoms with Crippen LogP contribution in [0, 0.1) is 23.2 Å². The largest absolute Gasteiger partial charge is 0.481 e. The third-order valence-corrected chi connectivity index (χ3v) is 6.49. The molecule has 0 spiro atoms. The fraction of sp³-hybridized carbons (Fsp3) is 0.810. The standard InChI is InChI=1S/C21H34N2O3/c1-3-6-14-7-5-8-19(26-20(24)4-2)16(14)11-12-25-21(22)15-9-10-17-18(13-15)23-17/h4,14-19,22-23H,2-3,5-13H2,1H3. The number of carbonyl (C=O) groups excluding carboxylic acids is 1. The smallest absolute Gasteiger partial charge is 0.330 e. The number of carbonyl (C=O) groups is 1. The van der Waals surface area contributed by atoms with Crippen molar-refractivity contribution < 1.29 is 14.3 Å². The number of rotatable bonds is 8. The molecule has 3 fully saturated rings. The van der Waals surface area contributed by atoms with E-state index in [0.717, 1.165) is 38.5 Å². The van der Waals surface area contributed by atoms with E-state index in [9.17, 15) is 4.79 Å². The van der Waals surface area contributed by atoms with Gasteiger partial charge in [-0.1, -0.05) is 26.3 Å². The first kappa shape index (κ1) is 19.4. The van der Waals surface area contributed by atoms with Crippen LogP contribution in [0.15, 0.2) is 12.7 Å². The minimum Gasteiger partial charge on any atom is -0.481 e. The van der Waals surface area contributed by atoms with Gasteiger partial charge in [-0.3, -0.25) is 5.41 Å². The van der Waals surface area contributed by atoms with Gasteiger partial charge in [0.2, 0.25) is 0 Å². The number of esters is 1. The van der Waals surface area contributed by atoms with Gasteiger partial charge in [-0.05, 0) is 50.9 Å². The lowest BCUT2D eigenvalue weighted by Gasteiger charge is -2.37. The molecule has 0 aromatic carbocycles. The summed E-state index contributed by atoms with van der Waals surface area (Å²) >= 11 is 0. The molecule has 3 aliphatic rings. The third-order valence-electron chi connectivity index (χ3n) is 6.49. The van der Waals surface area contributed by atoms with Crippen molar-refractivity contribution in [2.75, 3.05) is 6.61 Å². The molecular weight excluding hydrogens is 328 g/mol. The van der Waals surface area contributed by atoms with Crippen molar-refractivity contribution in [1.82, 2.24) is 5.32 Å². The summed E-state index contributed by atoms with van der Waals surface area (Å²) in [6.07, 6.45) is 10.9. The van der Waals surface area contributed by atoms with E-state index < -0.39 is 0 Å². The average Bonchev–Trinajstić information content (AvgIpc) is 3.42. The van der Waals surface area contributed by atoms with Gasteiger partial charge in [-0.2, -0.15) is 0 Å². The van der Waals surface area contributed by atoms with Crippen molar-refractivity contribution in [3.63, 3.8) is 0 Å². The lowest BCUT2D eigenvalue weighted by Crippen LogP contribution is -2.37. The maximum atomic E-state index is 11.7. The van der Waals surface area contributed by atoms with Crippen LogP contribution in [0.1, 0.15) is 64.7 Å². The van der Waals surface area contributed by atoms with Gasteiger partial charge in [0.15, 0.2) is 5.90 Å². The number of nitrogens with one attached hydrogen (secondary N) is 2. The Morgan fingerprint density at radius 1 is 1.23 bits per heavy atom. The quantitative estimate of drug-likeness (QED) is 0.226.